The van der Waals surface area contributed by atoms with Crippen molar-refractivity contribution in [3.05, 3.63) is 53.2 Å². The van der Waals surface area contributed by atoms with E-state index in [4.69, 9.17) is 34.8 Å². The van der Waals surface area contributed by atoms with E-state index in [1.165, 1.54) is 20.5 Å². The Bertz CT molecular complexity index is 551. The zero-order valence-corrected chi connectivity index (χ0v) is 14.0. The molecule has 2 aromatic rings. The molecular formula is C12H8Cl3IS. The lowest BCUT2D eigenvalue weighted by molar-refractivity contribution is 1.13. The van der Waals surface area contributed by atoms with E-state index in [9.17, 15) is 0 Å². The van der Waals surface area contributed by atoms with Crippen LogP contribution in [0.2, 0.25) is 8.67 Å². The van der Waals surface area contributed by atoms with Crippen LogP contribution in [0.15, 0.2) is 24.3 Å². The highest BCUT2D eigenvalue weighted by molar-refractivity contribution is 14.1. The Morgan fingerprint density at radius 1 is 1.24 bits per heavy atom. The summed E-state index contributed by atoms with van der Waals surface area (Å²) in [6.45, 7) is 2.07. The van der Waals surface area contributed by atoms with E-state index in [-0.39, 0.29) is 5.38 Å². The maximum absolute atomic E-state index is 6.49. The molecule has 90 valence electrons. The van der Waals surface area contributed by atoms with Gasteiger partial charge in [0.25, 0.3) is 0 Å². The summed E-state index contributed by atoms with van der Waals surface area (Å²) >= 11 is 22.2. The van der Waals surface area contributed by atoms with Crippen molar-refractivity contribution >= 4 is 68.7 Å². The molecule has 0 bridgehead atoms. The summed E-state index contributed by atoms with van der Waals surface area (Å²) in [5.74, 6) is 0. The molecular weight excluding hydrogens is 409 g/mol. The van der Waals surface area contributed by atoms with Gasteiger partial charge < -0.3 is 0 Å². The lowest BCUT2D eigenvalue weighted by Crippen LogP contribution is -1.97. The number of alkyl halides is 1. The molecule has 0 N–H and O–H groups in total. The van der Waals surface area contributed by atoms with Crippen LogP contribution in [0, 0.1) is 10.5 Å². The lowest BCUT2D eigenvalue weighted by Gasteiger charge is -2.12. The first-order chi connectivity index (χ1) is 8.00. The van der Waals surface area contributed by atoms with Crippen LogP contribution in [0.5, 0.6) is 0 Å². The fourth-order valence-electron chi connectivity index (χ4n) is 1.56. The third-order valence-corrected chi connectivity index (χ3v) is 5.91. The van der Waals surface area contributed by atoms with Crippen molar-refractivity contribution in [1.82, 2.24) is 0 Å². The fraction of sp³-hybridized carbons (Fsp3) is 0.167. The minimum atomic E-state index is -0.252. The number of rotatable bonds is 2. The van der Waals surface area contributed by atoms with E-state index < -0.39 is 0 Å². The van der Waals surface area contributed by atoms with Crippen LogP contribution in [-0.2, 0) is 0 Å². The van der Waals surface area contributed by atoms with Crippen LogP contribution in [0.3, 0.4) is 0 Å². The molecule has 0 amide bonds. The molecule has 0 saturated heterocycles. The Hall–Kier alpha value is 0.520. The Morgan fingerprint density at radius 3 is 2.53 bits per heavy atom. The predicted octanol–water partition coefficient (Wildman–Crippen LogP) is 6.30. The first kappa shape index (κ1) is 13.9. The number of halogens is 4. The SMILES string of the molecule is Cc1cccc(C(Cl)c2cc(Cl)sc2Cl)c1I. The van der Waals surface area contributed by atoms with Gasteiger partial charge in [-0.2, -0.15) is 0 Å². The van der Waals surface area contributed by atoms with Gasteiger partial charge in [-0.1, -0.05) is 41.4 Å². The summed E-state index contributed by atoms with van der Waals surface area (Å²) in [5, 5.41) is -0.252. The van der Waals surface area contributed by atoms with Crippen LogP contribution in [0.4, 0.5) is 0 Å². The third-order valence-electron chi connectivity index (χ3n) is 2.45. The number of hydrogen-bond donors (Lipinski definition) is 0. The minimum absolute atomic E-state index is 0.252. The second-order valence-corrected chi connectivity index (χ2v) is 7.42. The van der Waals surface area contributed by atoms with Gasteiger partial charge in [-0.05, 0) is 46.7 Å². The van der Waals surface area contributed by atoms with E-state index in [1.54, 1.807) is 0 Å². The highest BCUT2D eigenvalue weighted by Gasteiger charge is 2.19. The van der Waals surface area contributed by atoms with Gasteiger partial charge in [0.1, 0.15) is 0 Å². The number of hydrogen-bond acceptors (Lipinski definition) is 1. The number of aryl methyl sites for hydroxylation is 1. The molecule has 1 aromatic carbocycles. The third kappa shape index (κ3) is 2.92. The average Bonchev–Trinajstić information content (AvgIpc) is 2.61. The molecule has 5 heteroatoms. The van der Waals surface area contributed by atoms with Gasteiger partial charge in [-0.3, -0.25) is 0 Å². The van der Waals surface area contributed by atoms with Crippen molar-refractivity contribution in [2.75, 3.05) is 0 Å². The molecule has 0 spiro atoms. The minimum Gasteiger partial charge on any atom is -0.112 e. The molecule has 1 heterocycles. The van der Waals surface area contributed by atoms with Gasteiger partial charge in [0.2, 0.25) is 0 Å². The van der Waals surface area contributed by atoms with Crippen LogP contribution in [-0.4, -0.2) is 0 Å². The van der Waals surface area contributed by atoms with E-state index in [1.807, 2.05) is 18.2 Å². The summed E-state index contributed by atoms with van der Waals surface area (Å²) in [7, 11) is 0. The Balaban J connectivity index is 2.47. The molecule has 0 aliphatic carbocycles. The van der Waals surface area contributed by atoms with Crippen LogP contribution in [0.1, 0.15) is 22.1 Å². The van der Waals surface area contributed by atoms with Crippen LogP contribution < -0.4 is 0 Å². The lowest BCUT2D eigenvalue weighted by atomic mass is 10.1. The van der Waals surface area contributed by atoms with E-state index in [0.717, 1.165) is 11.1 Å². The second-order valence-electron chi connectivity index (χ2n) is 3.62. The van der Waals surface area contributed by atoms with E-state index in [2.05, 4.69) is 35.6 Å². The monoisotopic (exact) mass is 416 g/mol. The Kier molecular flexibility index (Phi) is 4.64. The average molecular weight is 418 g/mol. The first-order valence-electron chi connectivity index (χ1n) is 4.84. The largest absolute Gasteiger partial charge is 0.112 e. The first-order valence-corrected chi connectivity index (χ1v) is 7.93. The van der Waals surface area contributed by atoms with Gasteiger partial charge in [0.05, 0.1) is 14.0 Å². The molecule has 0 saturated carbocycles. The van der Waals surface area contributed by atoms with E-state index in [0.29, 0.717) is 8.67 Å². The Labute approximate surface area is 133 Å². The van der Waals surface area contributed by atoms with Crippen LogP contribution in [0.25, 0.3) is 0 Å². The molecule has 1 unspecified atom stereocenters. The normalized spacial score (nSPS) is 12.8. The van der Waals surface area contributed by atoms with Gasteiger partial charge >= 0.3 is 0 Å². The maximum Gasteiger partial charge on any atom is 0.0994 e. The quantitative estimate of drug-likeness (QED) is 0.398. The number of benzene rings is 1. The zero-order chi connectivity index (χ0) is 12.6. The van der Waals surface area contributed by atoms with Gasteiger partial charge in [-0.25, -0.2) is 0 Å². The predicted molar refractivity (Wildman–Crippen MR) is 85.9 cm³/mol. The molecule has 0 aliphatic heterocycles. The van der Waals surface area contributed by atoms with Crippen molar-refractivity contribution in [3.63, 3.8) is 0 Å². The molecule has 1 atom stereocenters. The molecule has 0 nitrogen and oxygen atoms in total. The summed E-state index contributed by atoms with van der Waals surface area (Å²) in [4.78, 5) is 0. The molecule has 0 aliphatic rings. The van der Waals surface area contributed by atoms with Gasteiger partial charge in [-0.15, -0.1) is 22.9 Å². The van der Waals surface area contributed by atoms with Crippen LogP contribution >= 0.6 is 68.7 Å². The van der Waals surface area contributed by atoms with Crippen molar-refractivity contribution in [2.24, 2.45) is 0 Å². The van der Waals surface area contributed by atoms with Crippen molar-refractivity contribution in [1.29, 1.82) is 0 Å². The molecule has 2 rings (SSSR count). The van der Waals surface area contributed by atoms with Crippen molar-refractivity contribution in [2.45, 2.75) is 12.3 Å². The standard InChI is InChI=1S/C12H8Cl3IS/c1-6-3-2-4-7(11(6)16)10(14)8-5-9(13)17-12(8)15/h2-5,10H,1H3. The molecule has 17 heavy (non-hydrogen) atoms. The molecule has 1 aromatic heterocycles. The summed E-state index contributed by atoms with van der Waals surface area (Å²) in [5.41, 5.74) is 3.17. The van der Waals surface area contributed by atoms with Crippen molar-refractivity contribution in [3.8, 4) is 0 Å². The summed E-state index contributed by atoms with van der Waals surface area (Å²) < 4.78 is 2.49. The van der Waals surface area contributed by atoms with E-state index >= 15 is 0 Å². The number of thiophene rings is 1. The topological polar surface area (TPSA) is 0 Å². The second kappa shape index (κ2) is 5.66. The molecule has 0 radical (unpaired) electrons. The smallest absolute Gasteiger partial charge is 0.0994 e. The van der Waals surface area contributed by atoms with Gasteiger partial charge in [0.15, 0.2) is 0 Å². The zero-order valence-electron chi connectivity index (χ0n) is 8.81. The molecule has 0 fully saturated rings. The Morgan fingerprint density at radius 2 is 1.94 bits per heavy atom. The van der Waals surface area contributed by atoms with Crippen molar-refractivity contribution < 1.29 is 0 Å². The fourth-order valence-corrected chi connectivity index (χ4v) is 4.42. The highest BCUT2D eigenvalue weighted by Crippen LogP contribution is 2.41. The maximum atomic E-state index is 6.49. The highest BCUT2D eigenvalue weighted by atomic mass is 127. The summed E-state index contributed by atoms with van der Waals surface area (Å²) in [6, 6.07) is 7.93. The summed E-state index contributed by atoms with van der Waals surface area (Å²) in [6.07, 6.45) is 0. The van der Waals surface area contributed by atoms with Gasteiger partial charge in [0, 0.05) is 9.13 Å².